The Morgan fingerprint density at radius 2 is 1.41 bits per heavy atom. The molecule has 0 saturated carbocycles. The van der Waals surface area contributed by atoms with Crippen molar-refractivity contribution < 1.29 is 14.6 Å². The van der Waals surface area contributed by atoms with Crippen molar-refractivity contribution in [3.8, 4) is 0 Å². The van der Waals surface area contributed by atoms with Crippen LogP contribution >= 0.6 is 15.9 Å². The van der Waals surface area contributed by atoms with Gasteiger partial charge in [-0.25, -0.2) is 0 Å². The minimum absolute atomic E-state index is 0.0447. The second kappa shape index (κ2) is 6.12. The Morgan fingerprint density at radius 1 is 1.05 bits per heavy atom. The maximum atomic E-state index is 12.1. The summed E-state index contributed by atoms with van der Waals surface area (Å²) in [5.41, 5.74) is -1.09. The van der Waals surface area contributed by atoms with Gasteiger partial charge in [-0.3, -0.25) is 25.0 Å². The molecular formula is C14H17BrN2O5. The molecule has 0 fully saturated rings. The van der Waals surface area contributed by atoms with Crippen LogP contribution in [-0.2, 0) is 5.41 Å². The molecule has 0 amide bonds. The lowest BCUT2D eigenvalue weighted by molar-refractivity contribution is -0.397. The Hall–Kier alpha value is -1.83. The summed E-state index contributed by atoms with van der Waals surface area (Å²) >= 11 is 3.01. The van der Waals surface area contributed by atoms with E-state index in [9.17, 15) is 25.0 Å². The van der Waals surface area contributed by atoms with E-state index in [1.807, 2.05) is 0 Å². The Kier molecular flexibility index (Phi) is 5.06. The Balaban J connectivity index is 4.14. The summed E-state index contributed by atoms with van der Waals surface area (Å²) in [6.45, 7) is 7.94. The van der Waals surface area contributed by atoms with E-state index in [1.54, 1.807) is 20.8 Å². The normalized spacial score (nSPS) is 11.4. The van der Waals surface area contributed by atoms with Gasteiger partial charge in [-0.2, -0.15) is 0 Å². The third-order valence-corrected chi connectivity index (χ3v) is 3.96. The maximum Gasteiger partial charge on any atom is 0.283 e. The van der Waals surface area contributed by atoms with Gasteiger partial charge in [-0.05, 0) is 13.8 Å². The highest BCUT2D eigenvalue weighted by Gasteiger charge is 2.40. The van der Waals surface area contributed by atoms with Gasteiger partial charge in [0.15, 0.2) is 5.78 Å². The predicted molar refractivity (Wildman–Crippen MR) is 86.0 cm³/mol. The smallest absolute Gasteiger partial charge is 0.283 e. The third-order valence-electron chi connectivity index (χ3n) is 3.45. The SMILES string of the molecule is Cc1c(C(=O)CBr)c(C)c([N+](=O)[O-])c(C(C)(C)C)c1[N+](=O)[O-]. The van der Waals surface area contributed by atoms with Gasteiger partial charge in [-0.15, -0.1) is 0 Å². The molecule has 0 aliphatic rings. The van der Waals surface area contributed by atoms with Crippen LogP contribution in [0.2, 0.25) is 0 Å². The van der Waals surface area contributed by atoms with E-state index in [-0.39, 0.29) is 39.0 Å². The van der Waals surface area contributed by atoms with Crippen molar-refractivity contribution in [3.05, 3.63) is 42.5 Å². The zero-order chi connectivity index (χ0) is 17.4. The van der Waals surface area contributed by atoms with Crippen LogP contribution in [0.1, 0.15) is 47.8 Å². The molecule has 0 heterocycles. The minimum atomic E-state index is -0.809. The number of benzene rings is 1. The number of nitro benzene ring substituents is 2. The summed E-state index contributed by atoms with van der Waals surface area (Å²) in [5.74, 6) is -0.415. The first-order chi connectivity index (χ1) is 9.95. The van der Waals surface area contributed by atoms with Gasteiger partial charge in [0.1, 0.15) is 5.56 Å². The molecule has 7 nitrogen and oxygen atoms in total. The van der Waals surface area contributed by atoms with Crippen molar-refractivity contribution in [2.45, 2.75) is 40.0 Å². The fourth-order valence-electron chi connectivity index (χ4n) is 2.66. The summed E-state index contributed by atoms with van der Waals surface area (Å²) in [6, 6.07) is 0. The van der Waals surface area contributed by atoms with E-state index in [0.29, 0.717) is 0 Å². The first kappa shape index (κ1) is 18.2. The van der Waals surface area contributed by atoms with Crippen molar-refractivity contribution in [3.63, 3.8) is 0 Å². The number of halogens is 1. The molecule has 22 heavy (non-hydrogen) atoms. The molecule has 0 N–H and O–H groups in total. The van der Waals surface area contributed by atoms with Crippen LogP contribution in [0.4, 0.5) is 11.4 Å². The van der Waals surface area contributed by atoms with Gasteiger partial charge in [-0.1, -0.05) is 36.7 Å². The van der Waals surface area contributed by atoms with E-state index >= 15 is 0 Å². The lowest BCUT2D eigenvalue weighted by Crippen LogP contribution is -2.21. The topological polar surface area (TPSA) is 103 Å². The first-order valence-electron chi connectivity index (χ1n) is 6.50. The average molecular weight is 373 g/mol. The Labute approximate surface area is 136 Å². The van der Waals surface area contributed by atoms with Gasteiger partial charge in [0.05, 0.1) is 15.2 Å². The molecule has 0 aromatic heterocycles. The first-order valence-corrected chi connectivity index (χ1v) is 7.62. The van der Waals surface area contributed by atoms with E-state index in [0.717, 1.165) is 0 Å². The van der Waals surface area contributed by atoms with Crippen LogP contribution in [0.3, 0.4) is 0 Å². The van der Waals surface area contributed by atoms with Crippen molar-refractivity contribution in [2.24, 2.45) is 0 Å². The second-order valence-electron chi connectivity index (χ2n) is 6.02. The van der Waals surface area contributed by atoms with Crippen molar-refractivity contribution >= 4 is 33.1 Å². The number of hydrogen-bond donors (Lipinski definition) is 0. The highest BCUT2D eigenvalue weighted by Crippen LogP contribution is 2.44. The lowest BCUT2D eigenvalue weighted by Gasteiger charge is -2.22. The number of hydrogen-bond acceptors (Lipinski definition) is 5. The zero-order valence-electron chi connectivity index (χ0n) is 13.0. The number of rotatable bonds is 4. The van der Waals surface area contributed by atoms with E-state index < -0.39 is 21.0 Å². The Bertz CT molecular complexity index is 636. The second-order valence-corrected chi connectivity index (χ2v) is 6.58. The number of alkyl halides is 1. The van der Waals surface area contributed by atoms with Gasteiger partial charge >= 0.3 is 0 Å². The highest BCUT2D eigenvalue weighted by molar-refractivity contribution is 9.09. The summed E-state index contributed by atoms with van der Waals surface area (Å²) in [7, 11) is 0. The third kappa shape index (κ3) is 3.01. The van der Waals surface area contributed by atoms with E-state index in [4.69, 9.17) is 0 Å². The van der Waals surface area contributed by atoms with Crippen LogP contribution in [-0.4, -0.2) is 21.0 Å². The molecule has 0 unspecified atom stereocenters. The maximum absolute atomic E-state index is 12.1. The molecule has 0 spiro atoms. The van der Waals surface area contributed by atoms with Gasteiger partial charge < -0.3 is 0 Å². The Morgan fingerprint density at radius 3 is 1.64 bits per heavy atom. The summed E-state index contributed by atoms with van der Waals surface area (Å²) in [4.78, 5) is 33.8. The van der Waals surface area contributed by atoms with Crippen LogP contribution in [0.15, 0.2) is 0 Å². The minimum Gasteiger partial charge on any atom is -0.293 e. The molecular weight excluding hydrogens is 356 g/mol. The molecule has 1 rings (SSSR count). The van der Waals surface area contributed by atoms with Gasteiger partial charge in [0.25, 0.3) is 11.4 Å². The highest BCUT2D eigenvalue weighted by atomic mass is 79.9. The number of ketones is 1. The molecule has 0 atom stereocenters. The number of nitro groups is 2. The molecule has 0 radical (unpaired) electrons. The number of Topliss-reactive ketones (excluding diaryl/α,β-unsaturated/α-hetero) is 1. The van der Waals surface area contributed by atoms with E-state index in [1.165, 1.54) is 13.8 Å². The number of nitrogens with zero attached hydrogens (tertiary/aromatic N) is 2. The molecule has 1 aromatic rings. The largest absolute Gasteiger partial charge is 0.293 e. The van der Waals surface area contributed by atoms with Crippen molar-refractivity contribution in [1.29, 1.82) is 0 Å². The van der Waals surface area contributed by atoms with Crippen LogP contribution in [0.5, 0.6) is 0 Å². The lowest BCUT2D eigenvalue weighted by atomic mass is 9.80. The van der Waals surface area contributed by atoms with Gasteiger partial charge in [0, 0.05) is 22.1 Å². The molecule has 0 bridgehead atoms. The summed E-state index contributed by atoms with van der Waals surface area (Å²) in [6.07, 6.45) is 0. The monoisotopic (exact) mass is 372 g/mol. The molecule has 0 aliphatic carbocycles. The fraction of sp³-hybridized carbons (Fsp3) is 0.500. The van der Waals surface area contributed by atoms with Crippen LogP contribution < -0.4 is 0 Å². The van der Waals surface area contributed by atoms with Crippen molar-refractivity contribution in [2.75, 3.05) is 5.33 Å². The van der Waals surface area contributed by atoms with Crippen LogP contribution in [0.25, 0.3) is 0 Å². The van der Waals surface area contributed by atoms with Crippen molar-refractivity contribution in [1.82, 2.24) is 0 Å². The average Bonchev–Trinajstić information content (AvgIpc) is 2.35. The molecule has 0 aliphatic heterocycles. The molecule has 0 saturated heterocycles. The summed E-state index contributed by atoms with van der Waals surface area (Å²) in [5, 5.41) is 22.9. The standard InChI is InChI=1S/C14H17BrN2O5/c1-7-10(9(18)6-15)8(2)13(17(21)22)11(14(3,4)5)12(7)16(19)20/h6H2,1-5H3. The fourth-order valence-corrected chi connectivity index (χ4v) is 2.94. The quantitative estimate of drug-likeness (QED) is 0.343. The number of carbonyl (C=O) groups is 1. The van der Waals surface area contributed by atoms with Gasteiger partial charge in [0.2, 0.25) is 0 Å². The predicted octanol–water partition coefficient (Wildman–Crippen LogP) is 3.99. The van der Waals surface area contributed by atoms with Crippen LogP contribution in [0, 0.1) is 34.1 Å². The molecule has 8 heteroatoms. The molecule has 120 valence electrons. The number of carbonyl (C=O) groups excluding carboxylic acids is 1. The summed E-state index contributed by atoms with van der Waals surface area (Å²) < 4.78 is 0. The molecule has 1 aromatic carbocycles. The zero-order valence-corrected chi connectivity index (χ0v) is 14.6. The van der Waals surface area contributed by atoms with E-state index in [2.05, 4.69) is 15.9 Å².